The molecule has 0 aromatic carbocycles. The number of hydrogen-bond acceptors (Lipinski definition) is 3. The van der Waals surface area contributed by atoms with Gasteiger partial charge in [-0.2, -0.15) is 0 Å². The molecule has 1 aromatic rings. The molecule has 2 bridgehead atoms. The fourth-order valence-electron chi connectivity index (χ4n) is 3.83. The van der Waals surface area contributed by atoms with Crippen molar-refractivity contribution in [3.05, 3.63) is 23.4 Å². The molecule has 3 saturated heterocycles. The third-order valence-electron chi connectivity index (χ3n) is 4.67. The first-order chi connectivity index (χ1) is 8.25. The van der Waals surface area contributed by atoms with Crippen LogP contribution in [0.15, 0.2) is 12.3 Å². The lowest BCUT2D eigenvalue weighted by Gasteiger charge is -2.50. The van der Waals surface area contributed by atoms with Gasteiger partial charge in [0.05, 0.1) is 0 Å². The molecule has 0 unspecified atom stereocenters. The van der Waals surface area contributed by atoms with Gasteiger partial charge in [-0.25, -0.2) is 4.98 Å². The molecule has 5 rings (SSSR count). The van der Waals surface area contributed by atoms with Gasteiger partial charge in [0.2, 0.25) is 5.88 Å². The maximum absolute atomic E-state index is 6.27. The number of fused-ring (bicyclic) bond motifs is 3. The minimum Gasteiger partial charge on any atom is -0.469 e. The zero-order chi connectivity index (χ0) is 11.5. The predicted molar refractivity (Wildman–Crippen MR) is 65.2 cm³/mol. The molecular formula is C14H18N2O. The molecule has 1 spiro atoms. The van der Waals surface area contributed by atoms with E-state index in [0.29, 0.717) is 0 Å². The average Bonchev–Trinajstić information content (AvgIpc) is 2.67. The molecule has 1 aromatic heterocycles. The zero-order valence-electron chi connectivity index (χ0n) is 10.3. The summed E-state index contributed by atoms with van der Waals surface area (Å²) in [5.74, 6) is 1.63. The van der Waals surface area contributed by atoms with Crippen LogP contribution in [-0.2, 0) is 6.42 Å². The summed E-state index contributed by atoms with van der Waals surface area (Å²) in [6.45, 7) is 5.74. The fourth-order valence-corrected chi connectivity index (χ4v) is 3.83. The van der Waals surface area contributed by atoms with Gasteiger partial charge in [0, 0.05) is 30.6 Å². The van der Waals surface area contributed by atoms with Crippen LogP contribution < -0.4 is 4.74 Å². The molecule has 3 heteroatoms. The molecule has 17 heavy (non-hydrogen) atoms. The Labute approximate surface area is 102 Å². The lowest BCUT2D eigenvalue weighted by atomic mass is 9.73. The van der Waals surface area contributed by atoms with Crippen molar-refractivity contribution in [2.24, 2.45) is 5.92 Å². The molecule has 0 saturated carbocycles. The van der Waals surface area contributed by atoms with Crippen molar-refractivity contribution in [1.29, 1.82) is 0 Å². The smallest absolute Gasteiger partial charge is 0.217 e. The first kappa shape index (κ1) is 9.89. The second-order valence-electron chi connectivity index (χ2n) is 5.87. The van der Waals surface area contributed by atoms with Gasteiger partial charge < -0.3 is 4.74 Å². The molecule has 0 aliphatic carbocycles. The van der Waals surface area contributed by atoms with Gasteiger partial charge in [0.1, 0.15) is 5.60 Å². The van der Waals surface area contributed by atoms with Gasteiger partial charge in [-0.3, -0.25) is 4.90 Å². The Morgan fingerprint density at radius 2 is 2.24 bits per heavy atom. The number of nitrogens with zero attached hydrogens (tertiary/aromatic N) is 2. The highest BCUT2D eigenvalue weighted by molar-refractivity contribution is 5.36. The number of aromatic nitrogens is 1. The first-order valence-electron chi connectivity index (χ1n) is 6.62. The Balaban J connectivity index is 1.71. The Kier molecular flexibility index (Phi) is 1.88. The topological polar surface area (TPSA) is 25.4 Å². The van der Waals surface area contributed by atoms with Gasteiger partial charge in [0.25, 0.3) is 0 Å². The second kappa shape index (κ2) is 3.22. The van der Waals surface area contributed by atoms with E-state index in [1.54, 1.807) is 0 Å². The van der Waals surface area contributed by atoms with E-state index in [-0.39, 0.29) is 5.60 Å². The maximum atomic E-state index is 6.27. The van der Waals surface area contributed by atoms with Crippen molar-refractivity contribution in [2.45, 2.75) is 31.8 Å². The third kappa shape index (κ3) is 1.35. The van der Waals surface area contributed by atoms with Crippen LogP contribution in [0.2, 0.25) is 0 Å². The van der Waals surface area contributed by atoms with Crippen molar-refractivity contribution < 1.29 is 4.74 Å². The van der Waals surface area contributed by atoms with E-state index in [1.165, 1.54) is 37.1 Å². The molecule has 90 valence electrons. The van der Waals surface area contributed by atoms with E-state index in [1.807, 2.05) is 6.20 Å². The normalized spacial score (nSPS) is 38.2. The molecule has 0 N–H and O–H groups in total. The molecule has 4 aliphatic heterocycles. The Morgan fingerprint density at radius 3 is 2.94 bits per heavy atom. The van der Waals surface area contributed by atoms with E-state index in [2.05, 4.69) is 22.9 Å². The third-order valence-corrected chi connectivity index (χ3v) is 4.67. The lowest BCUT2D eigenvalue weighted by Crippen LogP contribution is -2.61. The molecule has 5 heterocycles. The SMILES string of the molecule is Cc1cnc2c(c1)C[C@@]1(CN3CCC1CC3)O2. The number of rotatable bonds is 0. The highest BCUT2D eigenvalue weighted by atomic mass is 16.5. The second-order valence-corrected chi connectivity index (χ2v) is 5.87. The Morgan fingerprint density at radius 1 is 1.41 bits per heavy atom. The summed E-state index contributed by atoms with van der Waals surface area (Å²) in [6.07, 6.45) is 5.58. The first-order valence-corrected chi connectivity index (χ1v) is 6.62. The highest BCUT2D eigenvalue weighted by Gasteiger charge is 2.52. The van der Waals surface area contributed by atoms with Crippen LogP contribution >= 0.6 is 0 Å². The van der Waals surface area contributed by atoms with E-state index in [9.17, 15) is 0 Å². The molecular weight excluding hydrogens is 212 g/mol. The molecule has 3 fully saturated rings. The lowest BCUT2D eigenvalue weighted by molar-refractivity contribution is -0.0814. The van der Waals surface area contributed by atoms with Crippen molar-refractivity contribution in [3.8, 4) is 5.88 Å². The number of pyridine rings is 1. The van der Waals surface area contributed by atoms with E-state index in [0.717, 1.165) is 24.8 Å². The van der Waals surface area contributed by atoms with Crippen LogP contribution in [0.5, 0.6) is 5.88 Å². The fraction of sp³-hybridized carbons (Fsp3) is 0.643. The van der Waals surface area contributed by atoms with E-state index >= 15 is 0 Å². The van der Waals surface area contributed by atoms with Gasteiger partial charge in [0.15, 0.2) is 0 Å². The van der Waals surface area contributed by atoms with Crippen LogP contribution in [0.25, 0.3) is 0 Å². The van der Waals surface area contributed by atoms with Crippen LogP contribution in [0, 0.1) is 12.8 Å². The summed E-state index contributed by atoms with van der Waals surface area (Å²) < 4.78 is 6.27. The number of piperidine rings is 3. The molecule has 0 amide bonds. The van der Waals surface area contributed by atoms with Crippen molar-refractivity contribution in [1.82, 2.24) is 9.88 Å². The number of ether oxygens (including phenoxy) is 1. The summed E-state index contributed by atoms with van der Waals surface area (Å²) in [4.78, 5) is 7.01. The summed E-state index contributed by atoms with van der Waals surface area (Å²) in [7, 11) is 0. The van der Waals surface area contributed by atoms with Gasteiger partial charge in [-0.05, 0) is 44.5 Å². The van der Waals surface area contributed by atoms with Crippen molar-refractivity contribution >= 4 is 0 Å². The van der Waals surface area contributed by atoms with Crippen LogP contribution in [0.1, 0.15) is 24.0 Å². The van der Waals surface area contributed by atoms with Crippen LogP contribution in [0.4, 0.5) is 0 Å². The Bertz CT molecular complexity index is 465. The minimum absolute atomic E-state index is 0.0552. The monoisotopic (exact) mass is 230 g/mol. The van der Waals surface area contributed by atoms with Crippen LogP contribution in [0.3, 0.4) is 0 Å². The maximum Gasteiger partial charge on any atom is 0.217 e. The van der Waals surface area contributed by atoms with Crippen molar-refractivity contribution in [3.63, 3.8) is 0 Å². The highest BCUT2D eigenvalue weighted by Crippen LogP contribution is 2.45. The summed E-state index contributed by atoms with van der Waals surface area (Å²) in [5, 5.41) is 0. The quantitative estimate of drug-likeness (QED) is 0.679. The number of aryl methyl sites for hydroxylation is 1. The minimum atomic E-state index is 0.0552. The zero-order valence-corrected chi connectivity index (χ0v) is 10.3. The summed E-state index contributed by atoms with van der Waals surface area (Å²) in [5.41, 5.74) is 2.61. The molecule has 1 atom stereocenters. The van der Waals surface area contributed by atoms with Gasteiger partial charge in [-0.15, -0.1) is 0 Å². The molecule has 4 aliphatic rings. The Hall–Kier alpha value is -1.09. The van der Waals surface area contributed by atoms with E-state index in [4.69, 9.17) is 4.74 Å². The van der Waals surface area contributed by atoms with Gasteiger partial charge >= 0.3 is 0 Å². The molecule has 3 nitrogen and oxygen atoms in total. The summed E-state index contributed by atoms with van der Waals surface area (Å²) >= 11 is 0. The van der Waals surface area contributed by atoms with Crippen LogP contribution in [-0.4, -0.2) is 35.1 Å². The van der Waals surface area contributed by atoms with Crippen molar-refractivity contribution in [2.75, 3.05) is 19.6 Å². The van der Waals surface area contributed by atoms with Gasteiger partial charge in [-0.1, -0.05) is 0 Å². The standard InChI is InChI=1S/C14H18N2O/c1-10-6-11-7-14(17-13(11)15-8-10)9-16-4-2-12(14)3-5-16/h6,8,12H,2-5,7,9H2,1H3/t14-/m0/s1. The number of hydrogen-bond donors (Lipinski definition) is 0. The molecule has 0 radical (unpaired) electrons. The largest absolute Gasteiger partial charge is 0.469 e. The summed E-state index contributed by atoms with van der Waals surface area (Å²) in [6, 6.07) is 2.24. The predicted octanol–water partition coefficient (Wildman–Crippen LogP) is 1.79. The average molecular weight is 230 g/mol. The van der Waals surface area contributed by atoms with E-state index < -0.39 is 0 Å².